The van der Waals surface area contributed by atoms with Crippen molar-refractivity contribution >= 4 is 17.4 Å². The van der Waals surface area contributed by atoms with Crippen molar-refractivity contribution in [3.05, 3.63) is 48.2 Å². The summed E-state index contributed by atoms with van der Waals surface area (Å²) in [6.45, 7) is 0.302. The molecule has 1 fully saturated rings. The van der Waals surface area contributed by atoms with Gasteiger partial charge in [-0.15, -0.1) is 0 Å². The van der Waals surface area contributed by atoms with E-state index in [9.17, 15) is 18.0 Å². The van der Waals surface area contributed by atoms with Crippen LogP contribution in [0.25, 0.3) is 5.65 Å². The van der Waals surface area contributed by atoms with Crippen molar-refractivity contribution in [2.24, 2.45) is 17.4 Å². The summed E-state index contributed by atoms with van der Waals surface area (Å²) in [4.78, 5) is 18.4. The maximum absolute atomic E-state index is 13.1. The van der Waals surface area contributed by atoms with E-state index in [1.807, 2.05) is 0 Å². The molecule has 2 aromatic rings. The van der Waals surface area contributed by atoms with Crippen LogP contribution in [0.1, 0.15) is 23.2 Å². The Labute approximate surface area is 158 Å². The van der Waals surface area contributed by atoms with Crippen molar-refractivity contribution in [3.63, 3.8) is 0 Å². The molecule has 1 atom stereocenters. The van der Waals surface area contributed by atoms with Gasteiger partial charge in [0.15, 0.2) is 5.65 Å². The van der Waals surface area contributed by atoms with Crippen molar-refractivity contribution in [1.82, 2.24) is 19.9 Å². The molecule has 0 radical (unpaired) electrons. The number of halogens is 3. The van der Waals surface area contributed by atoms with Crippen molar-refractivity contribution in [2.45, 2.75) is 19.0 Å². The van der Waals surface area contributed by atoms with Gasteiger partial charge in [-0.05, 0) is 37.3 Å². The molecular formula is C17H20F3N7O. The number of nitrogens with one attached hydrogen (secondary N) is 1. The number of anilines is 1. The van der Waals surface area contributed by atoms with E-state index in [0.717, 1.165) is 0 Å². The molecule has 1 amide bonds. The third-order valence-electron chi connectivity index (χ3n) is 4.45. The number of aromatic nitrogens is 3. The summed E-state index contributed by atoms with van der Waals surface area (Å²) in [5.41, 5.74) is 11.3. The number of piperidine rings is 1. The summed E-state index contributed by atoms with van der Waals surface area (Å²) in [5.74, 6) is -1.49. The molecule has 0 spiro atoms. The first-order chi connectivity index (χ1) is 13.3. The normalized spacial score (nSPS) is 18.8. The molecule has 0 saturated carbocycles. The average Bonchev–Trinajstić information content (AvgIpc) is 3.09. The summed E-state index contributed by atoms with van der Waals surface area (Å²) in [7, 11) is 0. The molecule has 0 bridgehead atoms. The zero-order valence-corrected chi connectivity index (χ0v) is 14.9. The molecule has 3 rings (SSSR count). The molecule has 1 unspecified atom stereocenters. The lowest BCUT2D eigenvalue weighted by atomic mass is 9.97. The first-order valence-electron chi connectivity index (χ1n) is 8.61. The lowest BCUT2D eigenvalue weighted by Gasteiger charge is -2.34. The molecule has 1 saturated heterocycles. The number of hydrogen-bond donors (Lipinski definition) is 3. The van der Waals surface area contributed by atoms with Crippen LogP contribution >= 0.6 is 0 Å². The average molecular weight is 395 g/mol. The Morgan fingerprint density at radius 3 is 2.89 bits per heavy atom. The Balaban J connectivity index is 1.85. The van der Waals surface area contributed by atoms with Crippen LogP contribution in [-0.4, -0.2) is 39.8 Å². The fourth-order valence-electron chi connectivity index (χ4n) is 3.05. The molecule has 28 heavy (non-hydrogen) atoms. The highest BCUT2D eigenvalue weighted by molar-refractivity contribution is 6.00. The second-order valence-corrected chi connectivity index (χ2v) is 6.40. The highest BCUT2D eigenvalue weighted by atomic mass is 19.4. The van der Waals surface area contributed by atoms with E-state index in [2.05, 4.69) is 15.4 Å². The highest BCUT2D eigenvalue weighted by Gasteiger charge is 2.42. The van der Waals surface area contributed by atoms with E-state index in [-0.39, 0.29) is 30.0 Å². The summed E-state index contributed by atoms with van der Waals surface area (Å²) in [5, 5.41) is 6.52. The summed E-state index contributed by atoms with van der Waals surface area (Å²) in [6, 6.07) is 1.58. The zero-order valence-electron chi connectivity index (χ0n) is 14.9. The Morgan fingerprint density at radius 2 is 2.18 bits per heavy atom. The molecule has 11 heteroatoms. The Hall–Kier alpha value is -3.24. The molecule has 1 aliphatic rings. The quantitative estimate of drug-likeness (QED) is 0.676. The number of hydrogen-bond acceptors (Lipinski definition) is 6. The molecule has 3 heterocycles. The first kappa shape index (κ1) is 19.5. The lowest BCUT2D eigenvalue weighted by Crippen LogP contribution is -2.42. The molecule has 1 aliphatic heterocycles. The van der Waals surface area contributed by atoms with Crippen LogP contribution in [0.3, 0.4) is 0 Å². The zero-order chi connectivity index (χ0) is 20.3. The van der Waals surface area contributed by atoms with E-state index >= 15 is 0 Å². The van der Waals surface area contributed by atoms with Crippen LogP contribution in [-0.2, 0) is 0 Å². The molecule has 0 aliphatic carbocycles. The standard InChI is InChI=1S/C17H20F3N7O/c18-17(19,20)11-3-2-7-26(10-11)14-5-8-27-15(25-14)12(9-23-27)16(28)24-13(22)4-1-6-21/h1,4-6,8-9,11H,2-3,7,10,21-22H2,(H,24,28)/b6-1-,13-4+. The van der Waals surface area contributed by atoms with Crippen molar-refractivity contribution in [1.29, 1.82) is 0 Å². The van der Waals surface area contributed by atoms with E-state index in [4.69, 9.17) is 11.5 Å². The van der Waals surface area contributed by atoms with Crippen LogP contribution in [0.5, 0.6) is 0 Å². The first-order valence-corrected chi connectivity index (χ1v) is 8.61. The minimum absolute atomic E-state index is 0.0752. The van der Waals surface area contributed by atoms with Crippen LogP contribution in [0.2, 0.25) is 0 Å². The molecule has 8 nitrogen and oxygen atoms in total. The van der Waals surface area contributed by atoms with Gasteiger partial charge in [-0.3, -0.25) is 4.79 Å². The monoisotopic (exact) mass is 395 g/mol. The van der Waals surface area contributed by atoms with Gasteiger partial charge in [-0.25, -0.2) is 9.50 Å². The second kappa shape index (κ2) is 7.79. The van der Waals surface area contributed by atoms with Crippen LogP contribution < -0.4 is 21.7 Å². The summed E-state index contributed by atoms with van der Waals surface area (Å²) < 4.78 is 40.6. The Morgan fingerprint density at radius 1 is 1.39 bits per heavy atom. The van der Waals surface area contributed by atoms with Gasteiger partial charge in [0.25, 0.3) is 5.91 Å². The number of nitrogens with two attached hydrogens (primary N) is 2. The predicted octanol–water partition coefficient (Wildman–Crippen LogP) is 1.51. The van der Waals surface area contributed by atoms with Crippen LogP contribution in [0.15, 0.2) is 42.6 Å². The Bertz CT molecular complexity index is 919. The number of carbonyl (C=O) groups is 1. The fraction of sp³-hybridized carbons (Fsp3) is 0.353. The van der Waals surface area contributed by atoms with Gasteiger partial charge in [-0.1, -0.05) is 0 Å². The third-order valence-corrected chi connectivity index (χ3v) is 4.45. The maximum Gasteiger partial charge on any atom is 0.393 e. The SMILES string of the molecule is N/C=C\C=C(/N)NC(=O)c1cnn2ccc(N3CCCC(C(F)(F)F)C3)nc12. The van der Waals surface area contributed by atoms with Crippen molar-refractivity contribution < 1.29 is 18.0 Å². The molecule has 2 aromatic heterocycles. The van der Waals surface area contributed by atoms with E-state index < -0.39 is 18.0 Å². The van der Waals surface area contributed by atoms with Gasteiger partial charge in [0.2, 0.25) is 0 Å². The number of rotatable bonds is 4. The Kier molecular flexibility index (Phi) is 5.43. The van der Waals surface area contributed by atoms with Crippen molar-refractivity contribution in [2.75, 3.05) is 18.0 Å². The number of fused-ring (bicyclic) bond motifs is 1. The van der Waals surface area contributed by atoms with Gasteiger partial charge in [0.1, 0.15) is 17.2 Å². The number of alkyl halides is 3. The topological polar surface area (TPSA) is 115 Å². The number of nitrogens with zero attached hydrogens (tertiary/aromatic N) is 4. The lowest BCUT2D eigenvalue weighted by molar-refractivity contribution is -0.176. The van der Waals surface area contributed by atoms with Gasteiger partial charge in [-0.2, -0.15) is 18.3 Å². The molecule has 5 N–H and O–H groups in total. The molecule has 150 valence electrons. The molecular weight excluding hydrogens is 375 g/mol. The largest absolute Gasteiger partial charge is 0.405 e. The second-order valence-electron chi connectivity index (χ2n) is 6.40. The fourth-order valence-corrected chi connectivity index (χ4v) is 3.05. The number of carbonyl (C=O) groups excluding carboxylic acids is 1. The minimum atomic E-state index is -4.24. The summed E-state index contributed by atoms with van der Waals surface area (Å²) >= 11 is 0. The third kappa shape index (κ3) is 4.18. The predicted molar refractivity (Wildman–Crippen MR) is 97.0 cm³/mol. The molecule has 0 aromatic carbocycles. The van der Waals surface area contributed by atoms with Crippen LogP contribution in [0.4, 0.5) is 19.0 Å². The summed E-state index contributed by atoms with van der Waals surface area (Å²) in [6.07, 6.45) is 3.28. The maximum atomic E-state index is 13.1. The number of allylic oxidation sites excluding steroid dienone is 2. The van der Waals surface area contributed by atoms with Gasteiger partial charge in [0.05, 0.1) is 12.1 Å². The van der Waals surface area contributed by atoms with Gasteiger partial charge >= 0.3 is 6.18 Å². The van der Waals surface area contributed by atoms with Crippen LogP contribution in [0, 0.1) is 5.92 Å². The van der Waals surface area contributed by atoms with E-state index in [1.165, 1.54) is 29.1 Å². The van der Waals surface area contributed by atoms with Crippen molar-refractivity contribution in [3.8, 4) is 0 Å². The van der Waals surface area contributed by atoms with Gasteiger partial charge in [0, 0.05) is 19.3 Å². The van der Waals surface area contributed by atoms with E-state index in [1.54, 1.807) is 17.2 Å². The van der Waals surface area contributed by atoms with E-state index in [0.29, 0.717) is 18.8 Å². The highest BCUT2D eigenvalue weighted by Crippen LogP contribution is 2.34. The minimum Gasteiger partial charge on any atom is -0.405 e. The smallest absolute Gasteiger partial charge is 0.393 e. The number of amides is 1. The van der Waals surface area contributed by atoms with Gasteiger partial charge < -0.3 is 21.7 Å².